The molecular formula is C24H22BIN2O8. The van der Waals surface area contributed by atoms with Crippen LogP contribution >= 0.6 is 22.6 Å². The number of ether oxygens (including phenoxy) is 1. The van der Waals surface area contributed by atoms with E-state index in [1.54, 1.807) is 12.1 Å². The third kappa shape index (κ3) is 3.87. The Morgan fingerprint density at radius 2 is 1.97 bits per heavy atom. The van der Waals surface area contributed by atoms with Gasteiger partial charge in [-0.2, -0.15) is 0 Å². The molecule has 2 saturated heterocycles. The summed E-state index contributed by atoms with van der Waals surface area (Å²) in [4.78, 5) is 38.8. The molecule has 2 aromatic rings. The van der Waals surface area contributed by atoms with Crippen LogP contribution in [-0.4, -0.2) is 41.1 Å². The number of nitro benzene ring substituents is 1. The molecule has 186 valence electrons. The van der Waals surface area contributed by atoms with Crippen molar-refractivity contribution in [3.05, 3.63) is 66.7 Å². The molecule has 1 aliphatic carbocycles. The van der Waals surface area contributed by atoms with E-state index < -0.39 is 47.7 Å². The second-order valence-corrected chi connectivity index (χ2v) is 10.4. The van der Waals surface area contributed by atoms with E-state index in [4.69, 9.17) is 9.39 Å². The Labute approximate surface area is 220 Å². The van der Waals surface area contributed by atoms with E-state index in [0.717, 1.165) is 10.5 Å². The zero-order valence-electron chi connectivity index (χ0n) is 19.4. The summed E-state index contributed by atoms with van der Waals surface area (Å²) in [7, 11) is 0.175. The van der Waals surface area contributed by atoms with Crippen LogP contribution in [0.2, 0.25) is 0 Å². The van der Waals surface area contributed by atoms with Crippen LogP contribution in [0.1, 0.15) is 31.4 Å². The standard InChI is InChI=1S/C24H22BIN2O8/c1-11-6-16-20(24(31)27(23(16)30)13-4-3-5-14(9-13)28(33)34)15-10-18(36-25(32)21(11)15)12-7-17(26)22(29)19(8-12)35-2/h3-5,7-9,15-16,18,20,29,32H,6,10H2,1-2H3/t15-,16-,18-,20+/m0/s1. The molecule has 2 N–H and O–H groups in total. The molecule has 0 aromatic heterocycles. The number of non-ortho nitro benzene ring substituents is 1. The van der Waals surface area contributed by atoms with Crippen molar-refractivity contribution in [1.82, 2.24) is 0 Å². The molecule has 0 unspecified atom stereocenters. The molecule has 12 heteroatoms. The lowest BCUT2D eigenvalue weighted by Crippen LogP contribution is -2.44. The fourth-order valence-corrected chi connectivity index (χ4v) is 6.33. The highest BCUT2D eigenvalue weighted by Gasteiger charge is 2.57. The van der Waals surface area contributed by atoms with Crippen LogP contribution in [0.5, 0.6) is 11.5 Å². The molecule has 5 rings (SSSR count). The zero-order chi connectivity index (χ0) is 25.9. The summed E-state index contributed by atoms with van der Waals surface area (Å²) in [6.45, 7) is 1.83. The summed E-state index contributed by atoms with van der Waals surface area (Å²) in [5.41, 5.74) is 2.02. The van der Waals surface area contributed by atoms with Crippen LogP contribution < -0.4 is 9.64 Å². The molecule has 2 amide bonds. The van der Waals surface area contributed by atoms with Crippen molar-refractivity contribution >= 4 is 52.9 Å². The Balaban J connectivity index is 1.52. The number of benzene rings is 2. The average molecular weight is 604 g/mol. The highest BCUT2D eigenvalue weighted by molar-refractivity contribution is 14.1. The molecule has 2 aliphatic heterocycles. The normalized spacial score (nSPS) is 25.7. The maximum absolute atomic E-state index is 13.7. The van der Waals surface area contributed by atoms with Crippen LogP contribution in [0.4, 0.5) is 11.4 Å². The first-order chi connectivity index (χ1) is 17.1. The third-order valence-electron chi connectivity index (χ3n) is 7.30. The van der Waals surface area contributed by atoms with Crippen molar-refractivity contribution in [3.8, 4) is 11.5 Å². The van der Waals surface area contributed by atoms with Gasteiger partial charge in [0.25, 0.3) is 5.69 Å². The number of aromatic hydroxyl groups is 1. The van der Waals surface area contributed by atoms with Crippen LogP contribution in [-0.2, 0) is 14.2 Å². The van der Waals surface area contributed by atoms with E-state index in [-0.39, 0.29) is 22.9 Å². The first-order valence-corrected chi connectivity index (χ1v) is 12.4. The summed E-state index contributed by atoms with van der Waals surface area (Å²) in [6.07, 6.45) is 0.0113. The smallest absolute Gasteiger partial charge is 0.487 e. The van der Waals surface area contributed by atoms with E-state index >= 15 is 0 Å². The maximum atomic E-state index is 13.7. The van der Waals surface area contributed by atoms with Crippen molar-refractivity contribution in [2.75, 3.05) is 12.0 Å². The molecule has 4 atom stereocenters. The maximum Gasteiger partial charge on any atom is 0.487 e. The molecular weight excluding hydrogens is 582 g/mol. The summed E-state index contributed by atoms with van der Waals surface area (Å²) in [6, 6.07) is 8.84. The van der Waals surface area contributed by atoms with Crippen molar-refractivity contribution in [2.24, 2.45) is 17.8 Å². The Hall–Kier alpha value is -2.97. The van der Waals surface area contributed by atoms with E-state index in [1.807, 2.05) is 29.5 Å². The molecule has 3 aliphatic rings. The van der Waals surface area contributed by atoms with Gasteiger partial charge in [0.05, 0.1) is 39.2 Å². The Kier molecular flexibility index (Phi) is 6.29. The fraction of sp³-hybridized carbons (Fsp3) is 0.333. The minimum atomic E-state index is -1.26. The number of nitro groups is 1. The molecule has 0 spiro atoms. The molecule has 2 fully saturated rings. The molecule has 10 nitrogen and oxygen atoms in total. The van der Waals surface area contributed by atoms with Crippen LogP contribution in [0.25, 0.3) is 0 Å². The van der Waals surface area contributed by atoms with Gasteiger partial charge in [-0.3, -0.25) is 19.7 Å². The number of carbonyl (C=O) groups is 2. The highest BCUT2D eigenvalue weighted by Crippen LogP contribution is 2.52. The quantitative estimate of drug-likeness (QED) is 0.178. The molecule has 0 radical (unpaired) electrons. The topological polar surface area (TPSA) is 139 Å². The molecule has 0 bridgehead atoms. The average Bonchev–Trinajstić information content (AvgIpc) is 3.09. The number of imide groups is 1. The van der Waals surface area contributed by atoms with Gasteiger partial charge in [-0.05, 0) is 77.5 Å². The van der Waals surface area contributed by atoms with Crippen molar-refractivity contribution in [3.63, 3.8) is 0 Å². The number of amides is 2. The van der Waals surface area contributed by atoms with E-state index in [9.17, 15) is 29.8 Å². The first-order valence-electron chi connectivity index (χ1n) is 11.3. The molecule has 2 heterocycles. The van der Waals surface area contributed by atoms with Crippen molar-refractivity contribution in [1.29, 1.82) is 0 Å². The fourth-order valence-electron chi connectivity index (χ4n) is 5.71. The Morgan fingerprint density at radius 1 is 1.22 bits per heavy atom. The van der Waals surface area contributed by atoms with Crippen LogP contribution in [0.3, 0.4) is 0 Å². The molecule has 36 heavy (non-hydrogen) atoms. The SMILES string of the molecule is COc1cc([C@@H]2C[C@@H]3C(=C(C)C[C@@H]4C(=O)N(c5cccc([N+](=O)[O-])c5)C(=O)[C@@H]43)B(O)O2)cc(I)c1O. The lowest BCUT2D eigenvalue weighted by molar-refractivity contribution is -0.384. The van der Waals surface area contributed by atoms with E-state index in [1.165, 1.54) is 31.4 Å². The van der Waals surface area contributed by atoms with Crippen LogP contribution in [0, 0.1) is 31.4 Å². The number of carbonyl (C=O) groups excluding carboxylic acids is 2. The predicted octanol–water partition coefficient (Wildman–Crippen LogP) is 3.54. The lowest BCUT2D eigenvalue weighted by atomic mass is 9.55. The number of hydrogen-bond acceptors (Lipinski definition) is 8. The van der Waals surface area contributed by atoms with Crippen molar-refractivity contribution in [2.45, 2.75) is 25.9 Å². The number of nitrogens with zero attached hydrogens (tertiary/aromatic N) is 2. The summed E-state index contributed by atoms with van der Waals surface area (Å²) in [5.74, 6) is -2.40. The summed E-state index contributed by atoms with van der Waals surface area (Å²) >= 11 is 1.98. The Morgan fingerprint density at radius 3 is 2.67 bits per heavy atom. The second-order valence-electron chi connectivity index (χ2n) is 9.23. The second kappa shape index (κ2) is 9.16. The van der Waals surface area contributed by atoms with Gasteiger partial charge in [-0.25, -0.2) is 4.90 Å². The summed E-state index contributed by atoms with van der Waals surface area (Å²) < 4.78 is 11.7. The lowest BCUT2D eigenvalue weighted by Gasteiger charge is -2.41. The van der Waals surface area contributed by atoms with Crippen LogP contribution in [0.15, 0.2) is 47.4 Å². The van der Waals surface area contributed by atoms with Gasteiger partial charge in [-0.15, -0.1) is 0 Å². The minimum absolute atomic E-state index is 0.00321. The number of anilines is 1. The van der Waals surface area contributed by atoms with Gasteiger partial charge in [0, 0.05) is 12.1 Å². The number of allylic oxidation sites excluding steroid dienone is 2. The van der Waals surface area contributed by atoms with Gasteiger partial charge < -0.3 is 19.5 Å². The van der Waals surface area contributed by atoms with Gasteiger partial charge >= 0.3 is 7.12 Å². The zero-order valence-corrected chi connectivity index (χ0v) is 21.5. The minimum Gasteiger partial charge on any atom is -0.504 e. The monoisotopic (exact) mass is 604 g/mol. The van der Waals surface area contributed by atoms with Gasteiger partial charge in [0.2, 0.25) is 11.8 Å². The molecule has 0 saturated carbocycles. The van der Waals surface area contributed by atoms with Crippen molar-refractivity contribution < 1.29 is 34.0 Å². The van der Waals surface area contributed by atoms with Gasteiger partial charge in [0.1, 0.15) is 0 Å². The number of phenolic OH excluding ortho intramolecular Hbond substituents is 1. The van der Waals surface area contributed by atoms with E-state index in [2.05, 4.69) is 0 Å². The summed E-state index contributed by atoms with van der Waals surface area (Å²) in [5, 5.41) is 32.4. The van der Waals surface area contributed by atoms with Gasteiger partial charge in [-0.1, -0.05) is 11.6 Å². The number of rotatable bonds is 4. The number of hydrogen-bond donors (Lipinski definition) is 2. The third-order valence-corrected chi connectivity index (χ3v) is 8.12. The number of phenols is 1. The first kappa shape index (κ1) is 24.7. The molecule has 2 aromatic carbocycles. The largest absolute Gasteiger partial charge is 0.504 e. The predicted molar refractivity (Wildman–Crippen MR) is 137 cm³/mol. The van der Waals surface area contributed by atoms with Gasteiger partial charge in [0.15, 0.2) is 11.5 Å². The highest BCUT2D eigenvalue weighted by atomic mass is 127. The van der Waals surface area contributed by atoms with E-state index in [0.29, 0.717) is 27.4 Å². The number of halogens is 1. The number of methoxy groups -OCH3 is 1. The number of fused-ring (bicyclic) bond motifs is 3. The Bertz CT molecular complexity index is 1330.